The summed E-state index contributed by atoms with van der Waals surface area (Å²) < 4.78 is 39.2. The van der Waals surface area contributed by atoms with Gasteiger partial charge < -0.3 is 5.32 Å². The molecular formula is C10H10F3N5. The number of nitrogens with one attached hydrogen (secondary N) is 1. The Labute approximate surface area is 101 Å². The van der Waals surface area contributed by atoms with E-state index in [1.54, 1.807) is 12.1 Å². The predicted octanol–water partition coefficient (Wildman–Crippen LogP) is 1.84. The summed E-state index contributed by atoms with van der Waals surface area (Å²) in [7, 11) is 1.46. The lowest BCUT2D eigenvalue weighted by molar-refractivity contribution is -0.138. The zero-order valence-electron chi connectivity index (χ0n) is 9.44. The summed E-state index contributed by atoms with van der Waals surface area (Å²) in [5, 5.41) is 13.7. The maximum absolute atomic E-state index is 12.7. The smallest absolute Gasteiger partial charge is 0.363 e. The van der Waals surface area contributed by atoms with Gasteiger partial charge >= 0.3 is 6.18 Å². The van der Waals surface area contributed by atoms with Gasteiger partial charge in [-0.25, -0.2) is 0 Å². The molecule has 1 N–H and O–H groups in total. The van der Waals surface area contributed by atoms with Gasteiger partial charge in [0.25, 0.3) is 0 Å². The van der Waals surface area contributed by atoms with Gasteiger partial charge in [0, 0.05) is 13.2 Å². The summed E-state index contributed by atoms with van der Waals surface area (Å²) in [6, 6.07) is 3.26. The van der Waals surface area contributed by atoms with E-state index in [1.807, 2.05) is 0 Å². The highest BCUT2D eigenvalue weighted by atomic mass is 19.4. The first-order chi connectivity index (χ1) is 8.48. The predicted molar refractivity (Wildman–Crippen MR) is 57.6 cm³/mol. The molecule has 18 heavy (non-hydrogen) atoms. The summed E-state index contributed by atoms with van der Waals surface area (Å²) in [4.78, 5) is 0. The van der Waals surface area contributed by atoms with Crippen LogP contribution in [0.1, 0.15) is 11.3 Å². The number of hydrogen-bond donors (Lipinski definition) is 1. The van der Waals surface area contributed by atoms with Crippen molar-refractivity contribution in [1.29, 1.82) is 0 Å². The Bertz CT molecular complexity index is 520. The van der Waals surface area contributed by atoms with E-state index in [-0.39, 0.29) is 12.2 Å². The van der Waals surface area contributed by atoms with E-state index in [9.17, 15) is 13.2 Å². The quantitative estimate of drug-likeness (QED) is 0.911. The Morgan fingerprint density at radius 1 is 1.39 bits per heavy atom. The van der Waals surface area contributed by atoms with Gasteiger partial charge in [0.2, 0.25) is 0 Å². The van der Waals surface area contributed by atoms with Gasteiger partial charge in [-0.2, -0.15) is 23.4 Å². The molecule has 0 unspecified atom stereocenters. The van der Waals surface area contributed by atoms with Crippen molar-refractivity contribution in [1.82, 2.24) is 20.0 Å². The third-order valence-corrected chi connectivity index (χ3v) is 2.38. The monoisotopic (exact) mass is 257 g/mol. The van der Waals surface area contributed by atoms with Crippen LogP contribution in [-0.2, 0) is 19.8 Å². The number of rotatable bonds is 3. The molecule has 0 atom stereocenters. The summed E-state index contributed by atoms with van der Waals surface area (Å²) in [5.41, 5.74) is -0.699. The van der Waals surface area contributed by atoms with E-state index in [1.165, 1.54) is 17.9 Å². The molecule has 0 aliphatic carbocycles. The molecule has 0 amide bonds. The Hall–Kier alpha value is -2.12. The maximum Gasteiger partial charge on any atom is 0.419 e. The molecule has 2 aromatic rings. The second kappa shape index (κ2) is 4.63. The molecule has 5 nitrogen and oxygen atoms in total. The summed E-state index contributed by atoms with van der Waals surface area (Å²) >= 11 is 0. The molecule has 0 aliphatic rings. The first kappa shape index (κ1) is 12.3. The molecule has 0 radical (unpaired) electrons. The molecule has 2 aromatic heterocycles. The zero-order valence-corrected chi connectivity index (χ0v) is 9.44. The molecule has 96 valence electrons. The van der Waals surface area contributed by atoms with Crippen LogP contribution in [0.15, 0.2) is 24.5 Å². The number of aryl methyl sites for hydroxylation is 1. The van der Waals surface area contributed by atoms with Crippen molar-refractivity contribution in [3.8, 4) is 0 Å². The lowest BCUT2D eigenvalue weighted by atomic mass is 10.2. The minimum Gasteiger partial charge on any atom is -0.363 e. The SMILES string of the molecule is Cn1ncc(C(F)(F)F)c1CNc1cccnn1. The molecule has 0 saturated heterocycles. The van der Waals surface area contributed by atoms with Crippen LogP contribution in [0.25, 0.3) is 0 Å². The molecule has 0 aliphatic heterocycles. The lowest BCUT2D eigenvalue weighted by Crippen LogP contribution is -2.13. The Balaban J connectivity index is 2.17. The fourth-order valence-corrected chi connectivity index (χ4v) is 1.48. The van der Waals surface area contributed by atoms with Crippen molar-refractivity contribution in [2.45, 2.75) is 12.7 Å². The van der Waals surface area contributed by atoms with Gasteiger partial charge in [0.15, 0.2) is 0 Å². The van der Waals surface area contributed by atoms with Crippen LogP contribution in [0, 0.1) is 0 Å². The topological polar surface area (TPSA) is 55.6 Å². The van der Waals surface area contributed by atoms with Crippen LogP contribution in [0.3, 0.4) is 0 Å². The highest BCUT2D eigenvalue weighted by Gasteiger charge is 2.35. The first-order valence-corrected chi connectivity index (χ1v) is 5.08. The molecule has 2 heterocycles. The molecule has 0 aromatic carbocycles. The van der Waals surface area contributed by atoms with Crippen molar-refractivity contribution >= 4 is 5.82 Å². The highest BCUT2D eigenvalue weighted by Crippen LogP contribution is 2.31. The van der Waals surface area contributed by atoms with E-state index in [4.69, 9.17) is 0 Å². The number of anilines is 1. The number of aromatic nitrogens is 4. The molecule has 0 spiro atoms. The van der Waals surface area contributed by atoms with E-state index >= 15 is 0 Å². The van der Waals surface area contributed by atoms with Crippen LogP contribution >= 0.6 is 0 Å². The Morgan fingerprint density at radius 2 is 2.17 bits per heavy atom. The summed E-state index contributed by atoms with van der Waals surface area (Å²) in [5.74, 6) is 0.409. The van der Waals surface area contributed by atoms with Gasteiger partial charge in [-0.05, 0) is 12.1 Å². The van der Waals surface area contributed by atoms with E-state index in [0.717, 1.165) is 6.20 Å². The Morgan fingerprint density at radius 3 is 2.78 bits per heavy atom. The average molecular weight is 257 g/mol. The number of nitrogens with zero attached hydrogens (tertiary/aromatic N) is 4. The third-order valence-electron chi connectivity index (χ3n) is 2.38. The summed E-state index contributed by atoms with van der Waals surface area (Å²) in [6.45, 7) is -0.0238. The van der Waals surface area contributed by atoms with Gasteiger partial charge in [0.1, 0.15) is 5.82 Å². The van der Waals surface area contributed by atoms with Gasteiger partial charge in [-0.1, -0.05) is 0 Å². The fourth-order valence-electron chi connectivity index (χ4n) is 1.48. The van der Waals surface area contributed by atoms with Crippen LogP contribution in [0.5, 0.6) is 0 Å². The third kappa shape index (κ3) is 2.58. The molecule has 0 bridgehead atoms. The first-order valence-electron chi connectivity index (χ1n) is 5.08. The van der Waals surface area contributed by atoms with Crippen molar-refractivity contribution in [3.05, 3.63) is 35.8 Å². The van der Waals surface area contributed by atoms with Gasteiger partial charge in [0.05, 0.1) is 24.0 Å². The highest BCUT2D eigenvalue weighted by molar-refractivity contribution is 5.34. The summed E-state index contributed by atoms with van der Waals surface area (Å²) in [6.07, 6.45) is -2.11. The van der Waals surface area contributed by atoms with E-state index < -0.39 is 11.7 Å². The standard InChI is InChI=1S/C10H10F3N5/c1-18-8(7(5-16-18)10(11,12)13)6-14-9-3-2-4-15-17-9/h2-5H,6H2,1H3,(H,14,17). The Kier molecular flexibility index (Phi) is 3.17. The number of halogens is 3. The molecule has 0 fully saturated rings. The zero-order chi connectivity index (χ0) is 13.2. The fraction of sp³-hybridized carbons (Fsp3) is 0.300. The molecule has 2 rings (SSSR count). The van der Waals surface area contributed by atoms with Crippen molar-refractivity contribution in [2.75, 3.05) is 5.32 Å². The minimum absolute atomic E-state index is 0.0238. The largest absolute Gasteiger partial charge is 0.419 e. The maximum atomic E-state index is 12.7. The number of alkyl halides is 3. The second-order valence-electron chi connectivity index (χ2n) is 3.59. The molecule has 8 heteroatoms. The van der Waals surface area contributed by atoms with Crippen LogP contribution in [0.4, 0.5) is 19.0 Å². The van der Waals surface area contributed by atoms with Crippen LogP contribution in [-0.4, -0.2) is 20.0 Å². The van der Waals surface area contributed by atoms with Crippen LogP contribution in [0.2, 0.25) is 0 Å². The van der Waals surface area contributed by atoms with Crippen molar-refractivity contribution in [3.63, 3.8) is 0 Å². The minimum atomic E-state index is -4.41. The van der Waals surface area contributed by atoms with Gasteiger partial charge in [-0.15, -0.1) is 5.10 Å². The normalized spacial score (nSPS) is 11.6. The van der Waals surface area contributed by atoms with Crippen molar-refractivity contribution < 1.29 is 13.2 Å². The van der Waals surface area contributed by atoms with Crippen LogP contribution < -0.4 is 5.32 Å². The lowest BCUT2D eigenvalue weighted by Gasteiger charge is -2.10. The average Bonchev–Trinajstić information content (AvgIpc) is 2.69. The van der Waals surface area contributed by atoms with E-state index in [0.29, 0.717) is 5.82 Å². The molecule has 0 saturated carbocycles. The second-order valence-corrected chi connectivity index (χ2v) is 3.59. The van der Waals surface area contributed by atoms with E-state index in [2.05, 4.69) is 20.6 Å². The number of hydrogen-bond acceptors (Lipinski definition) is 4. The van der Waals surface area contributed by atoms with Gasteiger partial charge in [-0.3, -0.25) is 4.68 Å². The van der Waals surface area contributed by atoms with Crippen molar-refractivity contribution in [2.24, 2.45) is 7.05 Å². The molecular weight excluding hydrogens is 247 g/mol.